The van der Waals surface area contributed by atoms with Crippen molar-refractivity contribution in [2.45, 2.75) is 180 Å². The Morgan fingerprint density at radius 2 is 0.912 bits per heavy atom. The van der Waals surface area contributed by atoms with Crippen molar-refractivity contribution in [3.63, 3.8) is 0 Å². The smallest absolute Gasteiger partial charge is 0.307 e. The van der Waals surface area contributed by atoms with Crippen molar-refractivity contribution in [3.05, 3.63) is 0 Å². The maximum Gasteiger partial charge on any atom is 0.307 e. The highest BCUT2D eigenvalue weighted by molar-refractivity contribution is 5.71. The fourth-order valence-electron chi connectivity index (χ4n) is 4.61. The largest absolute Gasteiger partial charge is 0.481 e. The van der Waals surface area contributed by atoms with Crippen LogP contribution in [0.15, 0.2) is 0 Å². The molecule has 0 rings (SSSR count). The molecule has 0 fully saturated rings. The monoisotopic (exact) mass is 482 g/mol. The number of carboxylic acid groups (broad SMARTS) is 1. The molecule has 0 unspecified atom stereocenters. The van der Waals surface area contributed by atoms with Crippen molar-refractivity contribution in [1.82, 2.24) is 0 Å². The third-order valence-corrected chi connectivity index (χ3v) is 6.81. The third kappa shape index (κ3) is 25.6. The van der Waals surface area contributed by atoms with E-state index in [1.54, 1.807) is 0 Å². The molecule has 0 amide bonds. The summed E-state index contributed by atoms with van der Waals surface area (Å²) < 4.78 is 5.52. The zero-order valence-corrected chi connectivity index (χ0v) is 22.9. The number of carbonyl (C=O) groups excluding carboxylic acids is 1. The Morgan fingerprint density at radius 1 is 0.559 bits per heavy atom. The van der Waals surface area contributed by atoms with Gasteiger partial charge < -0.3 is 9.84 Å². The molecule has 34 heavy (non-hydrogen) atoms. The van der Waals surface area contributed by atoms with E-state index in [1.807, 2.05) is 0 Å². The van der Waals surface area contributed by atoms with Crippen molar-refractivity contribution in [2.75, 3.05) is 0 Å². The highest BCUT2D eigenvalue weighted by Gasteiger charge is 2.17. The van der Waals surface area contributed by atoms with Crippen LogP contribution in [-0.4, -0.2) is 23.1 Å². The number of ether oxygens (including phenoxy) is 1. The van der Waals surface area contributed by atoms with E-state index in [0.717, 1.165) is 25.7 Å². The Morgan fingerprint density at radius 3 is 1.29 bits per heavy atom. The van der Waals surface area contributed by atoms with Gasteiger partial charge in [0.1, 0.15) is 6.10 Å². The average molecular weight is 483 g/mol. The number of hydrogen-bond acceptors (Lipinski definition) is 3. The first kappa shape index (κ1) is 32.9. The van der Waals surface area contributed by atoms with Crippen LogP contribution in [-0.2, 0) is 14.3 Å². The van der Waals surface area contributed by atoms with Gasteiger partial charge in [0.05, 0.1) is 6.42 Å². The van der Waals surface area contributed by atoms with Gasteiger partial charge in [0, 0.05) is 6.42 Å². The first-order valence-electron chi connectivity index (χ1n) is 15.0. The molecule has 0 aromatic rings. The number of aliphatic carboxylic acids is 1. The number of carbonyl (C=O) groups is 2. The highest BCUT2D eigenvalue weighted by atomic mass is 16.5. The third-order valence-electron chi connectivity index (χ3n) is 6.81. The Kier molecular flexibility index (Phi) is 25.7. The topological polar surface area (TPSA) is 63.6 Å². The Labute approximate surface area is 212 Å². The van der Waals surface area contributed by atoms with Gasteiger partial charge in [-0.3, -0.25) is 9.59 Å². The predicted molar refractivity (Wildman–Crippen MR) is 144 cm³/mol. The van der Waals surface area contributed by atoms with Gasteiger partial charge in [0.15, 0.2) is 0 Å². The summed E-state index contributed by atoms with van der Waals surface area (Å²) in [5, 5.41) is 9.15. The standard InChI is InChI=1S/C30H58O4/c1-3-5-7-9-11-13-14-15-16-18-20-22-24-26-30(33)34-28(27-29(31)32)25-23-21-19-17-12-10-8-6-4-2/h28H,3-27H2,1-2H3,(H,31,32)/t28-/m1/s1. The van der Waals surface area contributed by atoms with Gasteiger partial charge in [-0.1, -0.05) is 142 Å². The Bertz CT molecular complexity index is 449. The van der Waals surface area contributed by atoms with Gasteiger partial charge in [-0.2, -0.15) is 0 Å². The van der Waals surface area contributed by atoms with Crippen molar-refractivity contribution >= 4 is 11.9 Å². The van der Waals surface area contributed by atoms with E-state index < -0.39 is 12.1 Å². The number of rotatable bonds is 27. The summed E-state index contributed by atoms with van der Waals surface area (Å²) >= 11 is 0. The SMILES string of the molecule is CCCCCCCCCCCCCCCC(=O)O[C@H](CCCCCCCCCCC)CC(=O)O. The molecular formula is C30H58O4. The summed E-state index contributed by atoms with van der Waals surface area (Å²) in [4.78, 5) is 23.3. The van der Waals surface area contributed by atoms with Crippen molar-refractivity contribution in [1.29, 1.82) is 0 Å². The van der Waals surface area contributed by atoms with E-state index in [4.69, 9.17) is 9.84 Å². The molecule has 0 aromatic carbocycles. The highest BCUT2D eigenvalue weighted by Crippen LogP contribution is 2.16. The number of unbranched alkanes of at least 4 members (excludes halogenated alkanes) is 20. The van der Waals surface area contributed by atoms with Crippen LogP contribution in [0.25, 0.3) is 0 Å². The Hall–Kier alpha value is -1.06. The molecule has 0 heterocycles. The molecule has 202 valence electrons. The molecule has 4 heteroatoms. The second-order valence-corrected chi connectivity index (χ2v) is 10.3. The molecular weight excluding hydrogens is 424 g/mol. The van der Waals surface area contributed by atoms with Gasteiger partial charge in [0.2, 0.25) is 0 Å². The van der Waals surface area contributed by atoms with Gasteiger partial charge >= 0.3 is 11.9 Å². The summed E-state index contributed by atoms with van der Waals surface area (Å²) in [6, 6.07) is 0. The van der Waals surface area contributed by atoms with Crippen molar-refractivity contribution in [2.24, 2.45) is 0 Å². The molecule has 4 nitrogen and oxygen atoms in total. The minimum Gasteiger partial charge on any atom is -0.481 e. The molecule has 0 aliphatic heterocycles. The van der Waals surface area contributed by atoms with E-state index in [1.165, 1.54) is 116 Å². The second-order valence-electron chi connectivity index (χ2n) is 10.3. The number of hydrogen-bond donors (Lipinski definition) is 1. The van der Waals surface area contributed by atoms with Gasteiger partial charge in [-0.05, 0) is 19.3 Å². The first-order valence-corrected chi connectivity index (χ1v) is 15.0. The lowest BCUT2D eigenvalue weighted by atomic mass is 10.0. The van der Waals surface area contributed by atoms with Crippen LogP contribution in [0.4, 0.5) is 0 Å². The minimum absolute atomic E-state index is 0.0681. The van der Waals surface area contributed by atoms with Crippen molar-refractivity contribution < 1.29 is 19.4 Å². The molecule has 1 atom stereocenters. The van der Waals surface area contributed by atoms with Crippen LogP contribution in [0.3, 0.4) is 0 Å². The van der Waals surface area contributed by atoms with Crippen LogP contribution in [0.1, 0.15) is 174 Å². The van der Waals surface area contributed by atoms with Crippen LogP contribution in [0.5, 0.6) is 0 Å². The zero-order valence-electron chi connectivity index (χ0n) is 22.9. The normalized spacial score (nSPS) is 12.1. The van der Waals surface area contributed by atoms with Gasteiger partial charge in [-0.25, -0.2) is 0 Å². The molecule has 0 saturated carbocycles. The summed E-state index contributed by atoms with van der Waals surface area (Å²) in [7, 11) is 0. The number of carboxylic acids is 1. The second kappa shape index (κ2) is 26.5. The molecule has 1 N–H and O–H groups in total. The average Bonchev–Trinajstić information content (AvgIpc) is 2.80. The summed E-state index contributed by atoms with van der Waals surface area (Å²) in [6.07, 6.45) is 28.3. The lowest BCUT2D eigenvalue weighted by Crippen LogP contribution is -2.21. The quantitative estimate of drug-likeness (QED) is 0.0934. The first-order chi connectivity index (χ1) is 16.6. The fraction of sp³-hybridized carbons (Fsp3) is 0.933. The van der Waals surface area contributed by atoms with E-state index in [2.05, 4.69) is 13.8 Å². The fourth-order valence-corrected chi connectivity index (χ4v) is 4.61. The van der Waals surface area contributed by atoms with E-state index in [0.29, 0.717) is 12.8 Å². The van der Waals surface area contributed by atoms with E-state index in [9.17, 15) is 9.59 Å². The van der Waals surface area contributed by atoms with Gasteiger partial charge in [0.25, 0.3) is 0 Å². The van der Waals surface area contributed by atoms with Crippen LogP contribution < -0.4 is 0 Å². The molecule has 0 spiro atoms. The van der Waals surface area contributed by atoms with Crippen molar-refractivity contribution in [3.8, 4) is 0 Å². The molecule has 0 aliphatic carbocycles. The number of esters is 1. The lowest BCUT2D eigenvalue weighted by molar-refractivity contribution is -0.153. The molecule has 0 radical (unpaired) electrons. The van der Waals surface area contributed by atoms with E-state index in [-0.39, 0.29) is 12.4 Å². The minimum atomic E-state index is -0.880. The molecule has 0 saturated heterocycles. The Balaban J connectivity index is 3.67. The maximum absolute atomic E-state index is 12.2. The summed E-state index contributed by atoms with van der Waals surface area (Å²) in [5.74, 6) is -1.10. The van der Waals surface area contributed by atoms with Crippen LogP contribution >= 0.6 is 0 Å². The summed E-state index contributed by atoms with van der Waals surface area (Å²) in [6.45, 7) is 4.50. The molecule has 0 aromatic heterocycles. The van der Waals surface area contributed by atoms with Crippen LogP contribution in [0.2, 0.25) is 0 Å². The summed E-state index contributed by atoms with van der Waals surface area (Å²) in [5.41, 5.74) is 0. The van der Waals surface area contributed by atoms with Crippen LogP contribution in [0, 0.1) is 0 Å². The van der Waals surface area contributed by atoms with E-state index >= 15 is 0 Å². The molecule has 0 aliphatic rings. The zero-order chi connectivity index (χ0) is 25.1. The predicted octanol–water partition coefficient (Wildman–Crippen LogP) is 9.78. The lowest BCUT2D eigenvalue weighted by Gasteiger charge is -2.16. The van der Waals surface area contributed by atoms with Gasteiger partial charge in [-0.15, -0.1) is 0 Å². The maximum atomic E-state index is 12.2. The molecule has 0 bridgehead atoms.